The van der Waals surface area contributed by atoms with Gasteiger partial charge in [-0.15, -0.1) is 22.7 Å². The van der Waals surface area contributed by atoms with Crippen LogP contribution >= 0.6 is 22.7 Å². The van der Waals surface area contributed by atoms with E-state index in [0.29, 0.717) is 11.3 Å². The number of nitrogens with zero attached hydrogens (tertiary/aromatic N) is 1. The first-order valence-electron chi connectivity index (χ1n) is 9.34. The summed E-state index contributed by atoms with van der Waals surface area (Å²) in [5.74, 6) is 0.679. The Morgan fingerprint density at radius 2 is 1.87 bits per heavy atom. The Labute approximate surface area is 183 Å². The molecule has 0 amide bonds. The molecule has 156 valence electrons. The quantitative estimate of drug-likeness (QED) is 0.410. The van der Waals surface area contributed by atoms with E-state index in [1.165, 1.54) is 27.0 Å². The van der Waals surface area contributed by atoms with Crippen LogP contribution < -0.4 is 4.74 Å². The minimum absolute atomic E-state index is 0.0265. The molecule has 8 heteroatoms. The molecule has 0 unspecified atom stereocenters. The third-order valence-electron chi connectivity index (χ3n) is 4.76. The molecule has 30 heavy (non-hydrogen) atoms. The lowest BCUT2D eigenvalue weighted by atomic mass is 10.1. The monoisotopic (exact) mass is 459 g/mol. The number of aliphatic hydroxyl groups excluding tert-OH is 1. The molecule has 0 aliphatic rings. The van der Waals surface area contributed by atoms with Crippen LogP contribution in [0.1, 0.15) is 5.56 Å². The molecule has 0 fully saturated rings. The van der Waals surface area contributed by atoms with E-state index in [1.807, 2.05) is 66.0 Å². The molecule has 4 aromatic rings. The topological polar surface area (TPSA) is 66.8 Å². The first-order valence-corrected chi connectivity index (χ1v) is 12.5. The lowest BCUT2D eigenvalue weighted by Crippen LogP contribution is -2.33. The van der Waals surface area contributed by atoms with Gasteiger partial charge in [0.05, 0.1) is 13.7 Å². The second kappa shape index (κ2) is 8.87. The van der Waals surface area contributed by atoms with Gasteiger partial charge in [0.15, 0.2) is 0 Å². The average molecular weight is 460 g/mol. The van der Waals surface area contributed by atoms with Crippen molar-refractivity contribution in [2.75, 3.05) is 20.3 Å². The number of hydrogen-bond donors (Lipinski definition) is 1. The maximum Gasteiger partial charge on any atom is 0.253 e. The molecule has 4 rings (SSSR count). The fraction of sp³-hybridized carbons (Fsp3) is 0.182. The van der Waals surface area contributed by atoms with Gasteiger partial charge in [0, 0.05) is 33.6 Å². The highest BCUT2D eigenvalue weighted by molar-refractivity contribution is 7.91. The van der Waals surface area contributed by atoms with E-state index in [2.05, 4.69) is 0 Å². The summed E-state index contributed by atoms with van der Waals surface area (Å²) in [7, 11) is -2.25. The summed E-state index contributed by atoms with van der Waals surface area (Å²) in [5, 5.41) is 12.4. The number of benzene rings is 2. The smallest absolute Gasteiger partial charge is 0.253 e. The highest BCUT2D eigenvalue weighted by atomic mass is 32.2. The molecule has 2 heterocycles. The molecular formula is C22H21NO4S3. The Hall–Kier alpha value is -2.23. The predicted molar refractivity (Wildman–Crippen MR) is 123 cm³/mol. The van der Waals surface area contributed by atoms with Crippen LogP contribution in [0.5, 0.6) is 5.75 Å². The minimum atomic E-state index is -3.84. The van der Waals surface area contributed by atoms with Gasteiger partial charge >= 0.3 is 0 Å². The molecule has 0 aliphatic carbocycles. The molecule has 1 N–H and O–H groups in total. The van der Waals surface area contributed by atoms with E-state index < -0.39 is 10.0 Å². The highest BCUT2D eigenvalue weighted by Gasteiger charge is 2.31. The number of sulfonamides is 1. The normalized spacial score (nSPS) is 12.0. The van der Waals surface area contributed by atoms with Gasteiger partial charge < -0.3 is 9.84 Å². The summed E-state index contributed by atoms with van der Waals surface area (Å²) < 4.78 is 35.4. The number of aliphatic hydroxyl groups is 1. The van der Waals surface area contributed by atoms with Crippen LogP contribution in [0.2, 0.25) is 0 Å². The lowest BCUT2D eigenvalue weighted by molar-refractivity contribution is 0.251. The zero-order valence-corrected chi connectivity index (χ0v) is 18.8. The van der Waals surface area contributed by atoms with Crippen molar-refractivity contribution in [2.45, 2.75) is 10.8 Å². The number of hydrogen-bond acceptors (Lipinski definition) is 6. The molecule has 5 nitrogen and oxygen atoms in total. The lowest BCUT2D eigenvalue weighted by Gasteiger charge is -2.21. The Morgan fingerprint density at radius 3 is 2.53 bits per heavy atom. The van der Waals surface area contributed by atoms with E-state index in [9.17, 15) is 13.5 Å². The maximum absolute atomic E-state index is 13.8. The van der Waals surface area contributed by atoms with Gasteiger partial charge in [-0.25, -0.2) is 8.42 Å². The minimum Gasteiger partial charge on any atom is -0.497 e. The largest absolute Gasteiger partial charge is 0.497 e. The van der Waals surface area contributed by atoms with Crippen molar-refractivity contribution in [3.63, 3.8) is 0 Å². The summed E-state index contributed by atoms with van der Waals surface area (Å²) >= 11 is 2.75. The third kappa shape index (κ3) is 4.01. The van der Waals surface area contributed by atoms with Crippen molar-refractivity contribution >= 4 is 42.8 Å². The molecule has 0 radical (unpaired) electrons. The van der Waals surface area contributed by atoms with E-state index in [-0.39, 0.29) is 23.9 Å². The molecule has 0 spiro atoms. The van der Waals surface area contributed by atoms with Gasteiger partial charge in [0.1, 0.15) is 9.96 Å². The Morgan fingerprint density at radius 1 is 1.07 bits per heavy atom. The molecule has 0 saturated carbocycles. The van der Waals surface area contributed by atoms with Gasteiger partial charge in [0.25, 0.3) is 10.0 Å². The molecular weight excluding hydrogens is 438 g/mol. The van der Waals surface area contributed by atoms with Crippen LogP contribution in [-0.2, 0) is 16.6 Å². The van der Waals surface area contributed by atoms with Gasteiger partial charge in [-0.05, 0) is 35.2 Å². The Bertz CT molecular complexity index is 1230. The van der Waals surface area contributed by atoms with Gasteiger partial charge in [-0.1, -0.05) is 36.4 Å². The Kier molecular flexibility index (Phi) is 6.21. The zero-order chi connectivity index (χ0) is 21.1. The first-order chi connectivity index (χ1) is 14.5. The van der Waals surface area contributed by atoms with Crippen molar-refractivity contribution < 1.29 is 18.3 Å². The average Bonchev–Trinajstić information content (AvgIpc) is 3.41. The van der Waals surface area contributed by atoms with Crippen LogP contribution in [0.3, 0.4) is 0 Å². The summed E-state index contributed by atoms with van der Waals surface area (Å²) in [6.07, 6.45) is 0. The van der Waals surface area contributed by atoms with Crippen molar-refractivity contribution in [1.82, 2.24) is 4.31 Å². The van der Waals surface area contributed by atoms with E-state index >= 15 is 0 Å². The number of thiophene rings is 2. The fourth-order valence-corrected chi connectivity index (χ4v) is 7.53. The summed E-state index contributed by atoms with van der Waals surface area (Å²) in [6, 6.07) is 18.9. The van der Waals surface area contributed by atoms with Crippen molar-refractivity contribution in [3.8, 4) is 16.2 Å². The van der Waals surface area contributed by atoms with Gasteiger partial charge in [-0.2, -0.15) is 4.31 Å². The Balaban J connectivity index is 1.88. The molecule has 0 saturated heterocycles. The molecule has 0 bridgehead atoms. The number of ether oxygens (including phenoxy) is 1. The maximum atomic E-state index is 13.8. The van der Waals surface area contributed by atoms with Crippen LogP contribution in [0.15, 0.2) is 70.3 Å². The standard InChI is InChI=1S/C22H21NO4S3/c1-27-17-9-10-19-18(14-17)21(20-8-5-13-28-20)22(29-19)30(25,26)23(11-12-24)15-16-6-3-2-4-7-16/h2-10,13-14,24H,11-12,15H2,1H3. The van der Waals surface area contributed by atoms with Crippen LogP contribution in [0, 0.1) is 0 Å². The SMILES string of the molecule is COc1ccc2sc(S(=O)(=O)N(CCO)Cc3ccccc3)c(-c3cccs3)c2c1. The number of fused-ring (bicyclic) bond motifs is 1. The van der Waals surface area contributed by atoms with Crippen molar-refractivity contribution in [2.24, 2.45) is 0 Å². The summed E-state index contributed by atoms with van der Waals surface area (Å²) in [5.41, 5.74) is 1.56. The zero-order valence-electron chi connectivity index (χ0n) is 16.3. The molecule has 2 aromatic heterocycles. The first kappa shape index (κ1) is 21.0. The van der Waals surface area contributed by atoms with E-state index in [0.717, 1.165) is 20.5 Å². The van der Waals surface area contributed by atoms with Gasteiger partial charge in [0.2, 0.25) is 0 Å². The number of methoxy groups -OCH3 is 1. The second-order valence-electron chi connectivity index (χ2n) is 6.65. The number of rotatable bonds is 8. The molecule has 2 aromatic carbocycles. The second-order valence-corrected chi connectivity index (χ2v) is 10.8. The van der Waals surface area contributed by atoms with E-state index in [4.69, 9.17) is 4.74 Å². The third-order valence-corrected chi connectivity index (χ3v) is 9.15. The fourth-order valence-electron chi connectivity index (χ4n) is 3.32. The summed E-state index contributed by atoms with van der Waals surface area (Å²) in [6.45, 7) is -0.0248. The molecule has 0 atom stereocenters. The molecule has 0 aliphatic heterocycles. The van der Waals surface area contributed by atoms with Crippen LogP contribution in [0.4, 0.5) is 0 Å². The highest BCUT2D eigenvalue weighted by Crippen LogP contribution is 2.45. The van der Waals surface area contributed by atoms with Crippen LogP contribution in [0.25, 0.3) is 20.5 Å². The van der Waals surface area contributed by atoms with Gasteiger partial charge in [-0.3, -0.25) is 0 Å². The van der Waals surface area contributed by atoms with Crippen molar-refractivity contribution in [3.05, 3.63) is 71.6 Å². The summed E-state index contributed by atoms with van der Waals surface area (Å²) in [4.78, 5) is 0.886. The van der Waals surface area contributed by atoms with E-state index in [1.54, 1.807) is 7.11 Å². The van der Waals surface area contributed by atoms with Crippen LogP contribution in [-0.4, -0.2) is 38.1 Å². The van der Waals surface area contributed by atoms with Crippen molar-refractivity contribution in [1.29, 1.82) is 0 Å². The predicted octanol–water partition coefficient (Wildman–Crippen LogP) is 4.82.